The molecule has 0 aliphatic heterocycles. The van der Waals surface area contributed by atoms with Crippen LogP contribution in [0.25, 0.3) is 22.1 Å². The number of pyridine rings is 1. The zero-order valence-electron chi connectivity index (χ0n) is 15.3. The maximum absolute atomic E-state index is 12.8. The molecule has 0 fully saturated rings. The van der Waals surface area contributed by atoms with Gasteiger partial charge in [-0.15, -0.1) is 0 Å². The monoisotopic (exact) mass is 413 g/mol. The standard InChI is InChI=1S/C22H14F3NO4/c23-22(24,25)15-7-13(9-26-10-15)11-29-17-5-6-18-20(8-17)30-12-19(21(18)28)14-1-3-16(27)4-2-14/h1-10,12,27H,11H2. The van der Waals surface area contributed by atoms with Crippen molar-refractivity contribution in [3.05, 3.63) is 88.5 Å². The lowest BCUT2D eigenvalue weighted by Crippen LogP contribution is -2.07. The van der Waals surface area contributed by atoms with Crippen LogP contribution in [0.3, 0.4) is 0 Å². The topological polar surface area (TPSA) is 72.6 Å². The number of alkyl halides is 3. The van der Waals surface area contributed by atoms with E-state index in [1.165, 1.54) is 36.7 Å². The number of aromatic nitrogens is 1. The van der Waals surface area contributed by atoms with Gasteiger partial charge in [0.2, 0.25) is 0 Å². The Morgan fingerprint density at radius 1 is 1.03 bits per heavy atom. The van der Waals surface area contributed by atoms with Gasteiger partial charge in [-0.25, -0.2) is 0 Å². The van der Waals surface area contributed by atoms with Crippen molar-refractivity contribution in [2.75, 3.05) is 0 Å². The normalized spacial score (nSPS) is 11.6. The highest BCUT2D eigenvalue weighted by atomic mass is 19.4. The lowest BCUT2D eigenvalue weighted by Gasteiger charge is -2.10. The van der Waals surface area contributed by atoms with E-state index in [1.54, 1.807) is 18.2 Å². The minimum Gasteiger partial charge on any atom is -0.508 e. The molecular weight excluding hydrogens is 399 g/mol. The molecule has 8 heteroatoms. The highest BCUT2D eigenvalue weighted by Gasteiger charge is 2.31. The Morgan fingerprint density at radius 3 is 2.53 bits per heavy atom. The quantitative estimate of drug-likeness (QED) is 0.500. The maximum atomic E-state index is 12.8. The summed E-state index contributed by atoms with van der Waals surface area (Å²) in [7, 11) is 0. The van der Waals surface area contributed by atoms with Gasteiger partial charge in [0.1, 0.15) is 30.0 Å². The summed E-state index contributed by atoms with van der Waals surface area (Å²) < 4.78 is 49.4. The van der Waals surface area contributed by atoms with E-state index in [-0.39, 0.29) is 28.9 Å². The maximum Gasteiger partial charge on any atom is 0.417 e. The molecule has 0 saturated carbocycles. The van der Waals surface area contributed by atoms with Crippen molar-refractivity contribution >= 4 is 11.0 Å². The van der Waals surface area contributed by atoms with Gasteiger partial charge in [-0.05, 0) is 35.9 Å². The highest BCUT2D eigenvalue weighted by Crippen LogP contribution is 2.29. The number of nitrogens with zero attached hydrogens (tertiary/aromatic N) is 1. The van der Waals surface area contributed by atoms with E-state index < -0.39 is 11.7 Å². The van der Waals surface area contributed by atoms with Gasteiger partial charge in [0.05, 0.1) is 16.5 Å². The minimum absolute atomic E-state index is 0.0849. The second-order valence-electron chi connectivity index (χ2n) is 6.55. The van der Waals surface area contributed by atoms with E-state index in [2.05, 4.69) is 4.98 Å². The molecule has 5 nitrogen and oxygen atoms in total. The SMILES string of the molecule is O=c1c(-c2ccc(O)cc2)coc2cc(OCc3cncc(C(F)(F)F)c3)ccc12. The Hall–Kier alpha value is -3.81. The molecular formula is C22H14F3NO4. The van der Waals surface area contributed by atoms with Gasteiger partial charge >= 0.3 is 6.18 Å². The summed E-state index contributed by atoms with van der Waals surface area (Å²) in [4.78, 5) is 16.4. The van der Waals surface area contributed by atoms with Crippen molar-refractivity contribution in [1.29, 1.82) is 0 Å². The third-order valence-electron chi connectivity index (χ3n) is 4.45. The number of halogens is 3. The predicted octanol–water partition coefficient (Wildman–Crippen LogP) is 5.16. The van der Waals surface area contributed by atoms with E-state index in [0.29, 0.717) is 22.3 Å². The van der Waals surface area contributed by atoms with Crippen LogP contribution in [0.15, 0.2) is 76.4 Å². The van der Waals surface area contributed by atoms with Gasteiger partial charge in [-0.3, -0.25) is 9.78 Å². The predicted molar refractivity (Wildman–Crippen MR) is 103 cm³/mol. The molecule has 2 aromatic heterocycles. The van der Waals surface area contributed by atoms with Crippen molar-refractivity contribution in [2.45, 2.75) is 12.8 Å². The molecule has 0 saturated heterocycles. The Bertz CT molecular complexity index is 1260. The lowest BCUT2D eigenvalue weighted by molar-refractivity contribution is -0.137. The van der Waals surface area contributed by atoms with Crippen molar-refractivity contribution in [3.8, 4) is 22.6 Å². The summed E-state index contributed by atoms with van der Waals surface area (Å²) in [6.45, 7) is -0.127. The first-order valence-corrected chi connectivity index (χ1v) is 8.80. The summed E-state index contributed by atoms with van der Waals surface area (Å²) in [5.74, 6) is 0.419. The van der Waals surface area contributed by atoms with Gasteiger partial charge in [-0.2, -0.15) is 13.2 Å². The second kappa shape index (κ2) is 7.55. The first-order valence-electron chi connectivity index (χ1n) is 8.80. The molecule has 4 rings (SSSR count). The molecule has 1 N–H and O–H groups in total. The van der Waals surface area contributed by atoms with Crippen molar-refractivity contribution in [2.24, 2.45) is 0 Å². The zero-order valence-corrected chi connectivity index (χ0v) is 15.3. The Balaban J connectivity index is 1.58. The average molecular weight is 413 g/mol. The Morgan fingerprint density at radius 2 is 1.80 bits per heavy atom. The molecule has 0 aliphatic carbocycles. The largest absolute Gasteiger partial charge is 0.508 e. The summed E-state index contributed by atoms with van der Waals surface area (Å²) in [6.07, 6.45) is -1.12. The first kappa shape index (κ1) is 19.5. The number of phenolic OH excluding ortho intramolecular Hbond substituents is 1. The Kier molecular flexibility index (Phi) is 4.91. The van der Waals surface area contributed by atoms with E-state index in [4.69, 9.17) is 9.15 Å². The van der Waals surface area contributed by atoms with Crippen LogP contribution in [0.4, 0.5) is 13.2 Å². The van der Waals surface area contributed by atoms with Gasteiger partial charge in [0, 0.05) is 24.0 Å². The van der Waals surface area contributed by atoms with Crippen LogP contribution in [0.5, 0.6) is 11.5 Å². The summed E-state index contributed by atoms with van der Waals surface area (Å²) in [5.41, 5.74) is 0.369. The summed E-state index contributed by atoms with van der Waals surface area (Å²) in [5, 5.41) is 9.72. The van der Waals surface area contributed by atoms with Crippen molar-refractivity contribution < 1.29 is 27.4 Å². The molecule has 0 radical (unpaired) electrons. The number of hydrogen-bond donors (Lipinski definition) is 1. The summed E-state index contributed by atoms with van der Waals surface area (Å²) >= 11 is 0. The molecule has 0 bridgehead atoms. The molecule has 0 aliphatic rings. The van der Waals surface area contributed by atoms with Gasteiger partial charge in [-0.1, -0.05) is 12.1 Å². The van der Waals surface area contributed by atoms with Crippen LogP contribution in [-0.4, -0.2) is 10.1 Å². The third kappa shape index (κ3) is 3.98. The fraction of sp³-hybridized carbons (Fsp3) is 0.0909. The zero-order chi connectivity index (χ0) is 21.3. The van der Waals surface area contributed by atoms with Crippen molar-refractivity contribution in [3.63, 3.8) is 0 Å². The molecule has 4 aromatic rings. The third-order valence-corrected chi connectivity index (χ3v) is 4.45. The lowest BCUT2D eigenvalue weighted by atomic mass is 10.1. The smallest absolute Gasteiger partial charge is 0.417 e. The molecule has 2 aromatic carbocycles. The van der Waals surface area contributed by atoms with E-state index >= 15 is 0 Å². The number of hydrogen-bond acceptors (Lipinski definition) is 5. The van der Waals surface area contributed by atoms with Crippen LogP contribution in [0, 0.1) is 0 Å². The van der Waals surface area contributed by atoms with E-state index in [9.17, 15) is 23.1 Å². The average Bonchev–Trinajstić information content (AvgIpc) is 2.73. The van der Waals surface area contributed by atoms with E-state index in [1.807, 2.05) is 0 Å². The number of ether oxygens (including phenoxy) is 1. The molecule has 30 heavy (non-hydrogen) atoms. The highest BCUT2D eigenvalue weighted by molar-refractivity contribution is 5.82. The Labute approximate surface area is 168 Å². The van der Waals surface area contributed by atoms with Gasteiger partial charge in [0.25, 0.3) is 0 Å². The van der Waals surface area contributed by atoms with Gasteiger partial charge < -0.3 is 14.3 Å². The fourth-order valence-electron chi connectivity index (χ4n) is 2.93. The number of fused-ring (bicyclic) bond motifs is 1. The fourth-order valence-corrected chi connectivity index (χ4v) is 2.93. The van der Waals surface area contributed by atoms with Crippen LogP contribution >= 0.6 is 0 Å². The summed E-state index contributed by atoms with van der Waals surface area (Å²) in [6, 6.07) is 11.7. The van der Waals surface area contributed by atoms with Crippen molar-refractivity contribution in [1.82, 2.24) is 4.98 Å². The van der Waals surface area contributed by atoms with Crippen LogP contribution in [0.1, 0.15) is 11.1 Å². The molecule has 0 spiro atoms. The van der Waals surface area contributed by atoms with Crippen LogP contribution < -0.4 is 10.2 Å². The van der Waals surface area contributed by atoms with Crippen LogP contribution in [0.2, 0.25) is 0 Å². The number of phenols is 1. The molecule has 0 atom stereocenters. The van der Waals surface area contributed by atoms with Gasteiger partial charge in [0.15, 0.2) is 5.43 Å². The van der Waals surface area contributed by atoms with Crippen LogP contribution in [-0.2, 0) is 12.8 Å². The van der Waals surface area contributed by atoms with E-state index in [0.717, 1.165) is 12.3 Å². The molecule has 2 heterocycles. The number of benzene rings is 2. The first-order chi connectivity index (χ1) is 14.3. The minimum atomic E-state index is -4.48. The number of aromatic hydroxyl groups is 1. The second-order valence-corrected chi connectivity index (χ2v) is 6.55. The molecule has 0 unspecified atom stereocenters. The molecule has 0 amide bonds. The molecule has 152 valence electrons. The number of rotatable bonds is 4.